The number of hydrogen-bond donors (Lipinski definition) is 2. The highest BCUT2D eigenvalue weighted by Gasteiger charge is 2.26. The molecule has 1 aromatic carbocycles. The van der Waals surface area contributed by atoms with Crippen molar-refractivity contribution >= 4 is 17.8 Å². The predicted molar refractivity (Wildman–Crippen MR) is 68.1 cm³/mol. The van der Waals surface area contributed by atoms with Gasteiger partial charge in [-0.2, -0.15) is 0 Å². The molecule has 5 nitrogen and oxygen atoms in total. The smallest absolute Gasteiger partial charge is 0.288 e. The summed E-state index contributed by atoms with van der Waals surface area (Å²) in [7, 11) is 0. The van der Waals surface area contributed by atoms with Crippen LogP contribution in [0.4, 0.5) is 0 Å². The molecule has 0 spiro atoms. The van der Waals surface area contributed by atoms with Crippen LogP contribution in [0.1, 0.15) is 19.4 Å². The molecule has 0 aliphatic carbocycles. The maximum Gasteiger partial charge on any atom is 0.316 e. The molecule has 1 heterocycles. The third-order valence-corrected chi connectivity index (χ3v) is 2.86. The van der Waals surface area contributed by atoms with Crippen molar-refractivity contribution in [2.75, 3.05) is 6.54 Å². The lowest BCUT2D eigenvalue weighted by molar-refractivity contribution is -0.135. The van der Waals surface area contributed by atoms with E-state index in [9.17, 15) is 9.59 Å². The Morgan fingerprint density at radius 3 is 2.17 bits per heavy atom. The molecule has 0 unspecified atom stereocenters. The van der Waals surface area contributed by atoms with Crippen LogP contribution in [0.2, 0.25) is 0 Å². The number of benzene rings is 1. The zero-order valence-corrected chi connectivity index (χ0v) is 10.4. The van der Waals surface area contributed by atoms with Gasteiger partial charge in [-0.1, -0.05) is 44.2 Å². The van der Waals surface area contributed by atoms with Gasteiger partial charge < -0.3 is 0 Å². The molecule has 0 atom stereocenters. The molecule has 1 aliphatic heterocycles. The van der Waals surface area contributed by atoms with Gasteiger partial charge in [0.25, 0.3) is 0 Å². The van der Waals surface area contributed by atoms with Crippen LogP contribution in [-0.4, -0.2) is 24.3 Å². The summed E-state index contributed by atoms with van der Waals surface area (Å²) in [6.45, 7) is 4.60. The summed E-state index contributed by atoms with van der Waals surface area (Å²) in [6.07, 6.45) is 0. The van der Waals surface area contributed by atoms with E-state index in [1.54, 1.807) is 0 Å². The molecule has 2 N–H and O–H groups in total. The fourth-order valence-corrected chi connectivity index (χ4v) is 1.70. The fourth-order valence-electron chi connectivity index (χ4n) is 1.70. The summed E-state index contributed by atoms with van der Waals surface area (Å²) in [5, 5.41) is 4.76. The molecule has 1 aromatic rings. The van der Waals surface area contributed by atoms with Crippen molar-refractivity contribution in [3.63, 3.8) is 0 Å². The van der Waals surface area contributed by atoms with Crippen LogP contribution < -0.4 is 10.6 Å². The highest BCUT2D eigenvalue weighted by molar-refractivity contribution is 6.45. The highest BCUT2D eigenvalue weighted by atomic mass is 16.2. The van der Waals surface area contributed by atoms with Gasteiger partial charge in [-0.05, 0) is 5.56 Å². The minimum absolute atomic E-state index is 0.160. The maximum absolute atomic E-state index is 11.0. The van der Waals surface area contributed by atoms with Crippen LogP contribution in [-0.2, 0) is 15.0 Å². The second-order valence-corrected chi connectivity index (χ2v) is 4.82. The molecule has 0 aromatic heterocycles. The molecule has 2 amide bonds. The number of amides is 2. The third-order valence-electron chi connectivity index (χ3n) is 2.86. The van der Waals surface area contributed by atoms with Gasteiger partial charge in [-0.3, -0.25) is 25.2 Å². The zero-order valence-electron chi connectivity index (χ0n) is 10.4. The SMILES string of the molecule is CC(C)(CN=C1NC(=O)C(=O)N1)c1ccccc1. The Bertz CT molecular complexity index is 488. The first-order chi connectivity index (χ1) is 8.49. The molecular formula is C13H15N3O2. The standard InChI is InChI=1S/C13H15N3O2/c1-13(2,9-6-4-3-5-7-9)8-14-12-15-10(17)11(18)16-12/h3-7H,8H2,1-2H3,(H2,14,15,16,17,18). The number of aliphatic imine (C=N–C) groups is 1. The Morgan fingerprint density at radius 2 is 1.61 bits per heavy atom. The molecule has 1 saturated heterocycles. The quantitative estimate of drug-likeness (QED) is 0.764. The van der Waals surface area contributed by atoms with Crippen molar-refractivity contribution in [1.82, 2.24) is 10.6 Å². The molecule has 1 fully saturated rings. The van der Waals surface area contributed by atoms with E-state index in [0.717, 1.165) is 5.56 Å². The fraction of sp³-hybridized carbons (Fsp3) is 0.308. The van der Waals surface area contributed by atoms with Gasteiger partial charge in [0.1, 0.15) is 0 Å². The molecule has 0 radical (unpaired) electrons. The lowest BCUT2D eigenvalue weighted by Crippen LogP contribution is -2.29. The van der Waals surface area contributed by atoms with Crippen LogP contribution >= 0.6 is 0 Å². The molecule has 5 heteroatoms. The molecular weight excluding hydrogens is 230 g/mol. The molecule has 18 heavy (non-hydrogen) atoms. The van der Waals surface area contributed by atoms with Gasteiger partial charge in [0.05, 0.1) is 6.54 Å². The number of rotatable bonds is 3. The summed E-state index contributed by atoms with van der Waals surface area (Å²) in [5.41, 5.74) is 0.997. The largest absolute Gasteiger partial charge is 0.316 e. The average Bonchev–Trinajstić information content (AvgIpc) is 2.68. The van der Waals surface area contributed by atoms with Gasteiger partial charge >= 0.3 is 11.8 Å². The predicted octanol–water partition coefficient (Wildman–Crippen LogP) is 0.566. The summed E-state index contributed by atoms with van der Waals surface area (Å²) < 4.78 is 0. The van der Waals surface area contributed by atoms with Crippen LogP contribution in [0.15, 0.2) is 35.3 Å². The number of carbonyl (C=O) groups is 2. The van der Waals surface area contributed by atoms with Gasteiger partial charge in [-0.25, -0.2) is 0 Å². The first-order valence-electron chi connectivity index (χ1n) is 5.71. The number of nitrogens with zero attached hydrogens (tertiary/aromatic N) is 1. The van der Waals surface area contributed by atoms with Gasteiger partial charge in [-0.15, -0.1) is 0 Å². The molecule has 0 saturated carbocycles. The maximum atomic E-state index is 11.0. The number of carbonyl (C=O) groups excluding carboxylic acids is 2. The average molecular weight is 245 g/mol. The summed E-state index contributed by atoms with van der Waals surface area (Å²) in [6, 6.07) is 9.98. The second-order valence-electron chi connectivity index (χ2n) is 4.82. The minimum atomic E-state index is -0.661. The summed E-state index contributed by atoms with van der Waals surface area (Å²) >= 11 is 0. The first-order valence-corrected chi connectivity index (χ1v) is 5.71. The van der Waals surface area contributed by atoms with E-state index in [4.69, 9.17) is 0 Å². The van der Waals surface area contributed by atoms with Crippen molar-refractivity contribution in [1.29, 1.82) is 0 Å². The third kappa shape index (κ3) is 2.56. The Kier molecular flexibility index (Phi) is 3.14. The summed E-state index contributed by atoms with van der Waals surface area (Å²) in [4.78, 5) is 26.2. The van der Waals surface area contributed by atoms with Gasteiger partial charge in [0.2, 0.25) is 5.96 Å². The van der Waals surface area contributed by atoms with E-state index >= 15 is 0 Å². The van der Waals surface area contributed by atoms with E-state index in [1.807, 2.05) is 30.3 Å². The van der Waals surface area contributed by atoms with Crippen LogP contribution in [0.5, 0.6) is 0 Å². The first kappa shape index (κ1) is 12.3. The highest BCUT2D eigenvalue weighted by Crippen LogP contribution is 2.22. The monoisotopic (exact) mass is 245 g/mol. The zero-order chi connectivity index (χ0) is 13.2. The Hall–Kier alpha value is -2.17. The van der Waals surface area contributed by atoms with Gasteiger partial charge in [0.15, 0.2) is 0 Å². The number of hydrogen-bond acceptors (Lipinski definition) is 3. The van der Waals surface area contributed by atoms with Gasteiger partial charge in [0, 0.05) is 5.41 Å². The Balaban J connectivity index is 2.08. The lowest BCUT2D eigenvalue weighted by atomic mass is 9.85. The summed E-state index contributed by atoms with van der Waals surface area (Å²) in [5.74, 6) is -1.09. The van der Waals surface area contributed by atoms with Crippen molar-refractivity contribution in [2.45, 2.75) is 19.3 Å². The topological polar surface area (TPSA) is 70.6 Å². The normalized spacial score (nSPS) is 15.3. The van der Waals surface area contributed by atoms with Crippen molar-refractivity contribution in [2.24, 2.45) is 4.99 Å². The van der Waals surface area contributed by atoms with E-state index in [0.29, 0.717) is 6.54 Å². The minimum Gasteiger partial charge on any atom is -0.288 e. The van der Waals surface area contributed by atoms with Crippen molar-refractivity contribution in [3.8, 4) is 0 Å². The van der Waals surface area contributed by atoms with E-state index in [1.165, 1.54) is 0 Å². The number of guanidine groups is 1. The second kappa shape index (κ2) is 4.60. The Labute approximate surface area is 105 Å². The molecule has 1 aliphatic rings. The molecule has 94 valence electrons. The van der Waals surface area contributed by atoms with Crippen LogP contribution in [0.25, 0.3) is 0 Å². The number of nitrogens with one attached hydrogen (secondary N) is 2. The van der Waals surface area contributed by atoms with Crippen LogP contribution in [0, 0.1) is 0 Å². The van der Waals surface area contributed by atoms with E-state index < -0.39 is 11.8 Å². The Morgan fingerprint density at radius 1 is 1.06 bits per heavy atom. The van der Waals surface area contributed by atoms with Crippen LogP contribution in [0.3, 0.4) is 0 Å². The van der Waals surface area contributed by atoms with Crippen molar-refractivity contribution in [3.05, 3.63) is 35.9 Å². The van der Waals surface area contributed by atoms with Crippen molar-refractivity contribution < 1.29 is 9.59 Å². The molecule has 0 bridgehead atoms. The van der Waals surface area contributed by atoms with E-state index in [-0.39, 0.29) is 11.4 Å². The van der Waals surface area contributed by atoms with E-state index in [2.05, 4.69) is 29.5 Å². The lowest BCUT2D eigenvalue weighted by Gasteiger charge is -2.23. The molecule has 2 rings (SSSR count).